The Balaban J connectivity index is 1.37. The summed E-state index contributed by atoms with van der Waals surface area (Å²) in [5.74, 6) is 2.30. The summed E-state index contributed by atoms with van der Waals surface area (Å²) in [6.45, 7) is 3.99. The molecule has 0 radical (unpaired) electrons. The highest BCUT2D eigenvalue weighted by atomic mass is 16.5. The minimum atomic E-state index is 0.506. The van der Waals surface area contributed by atoms with Gasteiger partial charge in [-0.25, -0.2) is 9.97 Å². The Bertz CT molecular complexity index is 1220. The third kappa shape index (κ3) is 4.94. The fourth-order valence-corrected chi connectivity index (χ4v) is 4.37. The third-order valence-corrected chi connectivity index (χ3v) is 6.17. The predicted octanol–water partition coefficient (Wildman–Crippen LogP) is 4.34. The maximum atomic E-state index is 6.20. The zero-order chi connectivity index (χ0) is 22.5. The zero-order valence-corrected chi connectivity index (χ0v) is 19.0. The Morgan fingerprint density at radius 3 is 2.94 bits per heavy atom. The SMILES string of the molecule is COCCOc1ccn2c(-c3ccc4cccc(OCCC5CCCNC5)c4n3)cnc2c1. The van der Waals surface area contributed by atoms with Crippen LogP contribution in [0.4, 0.5) is 0 Å². The molecule has 1 aromatic carbocycles. The van der Waals surface area contributed by atoms with E-state index in [0.29, 0.717) is 25.7 Å². The first-order valence-corrected chi connectivity index (χ1v) is 11.6. The van der Waals surface area contributed by atoms with Crippen LogP contribution in [0.3, 0.4) is 0 Å². The van der Waals surface area contributed by atoms with Crippen LogP contribution in [0.5, 0.6) is 11.5 Å². The standard InChI is InChI=1S/C26H30N4O3/c1-31-14-15-32-21-9-12-30-23(18-28-25(30)16-21)22-8-7-20-5-2-6-24(26(20)29-22)33-13-10-19-4-3-11-27-17-19/h2,5-9,12,16,18-19,27H,3-4,10-11,13-15,17H2,1H3. The summed E-state index contributed by atoms with van der Waals surface area (Å²) in [5.41, 5.74) is 3.48. The zero-order valence-electron chi connectivity index (χ0n) is 19.0. The Hall–Kier alpha value is -3.16. The number of aromatic nitrogens is 3. The summed E-state index contributed by atoms with van der Waals surface area (Å²) < 4.78 is 19.0. The number of imidazole rings is 1. The van der Waals surface area contributed by atoms with Gasteiger partial charge in [-0.2, -0.15) is 0 Å². The van der Waals surface area contributed by atoms with Crippen molar-refractivity contribution in [1.82, 2.24) is 19.7 Å². The molecule has 1 N–H and O–H groups in total. The van der Waals surface area contributed by atoms with Gasteiger partial charge in [-0.15, -0.1) is 0 Å². The van der Waals surface area contributed by atoms with E-state index >= 15 is 0 Å². The molecule has 0 amide bonds. The number of nitrogens with one attached hydrogen (secondary N) is 1. The summed E-state index contributed by atoms with van der Waals surface area (Å²) in [7, 11) is 1.66. The fraction of sp³-hybridized carbons (Fsp3) is 0.385. The number of hydrogen-bond donors (Lipinski definition) is 1. The molecule has 1 atom stereocenters. The van der Waals surface area contributed by atoms with E-state index in [1.807, 2.05) is 47.1 Å². The Morgan fingerprint density at radius 1 is 1.09 bits per heavy atom. The molecule has 0 saturated carbocycles. The van der Waals surface area contributed by atoms with Crippen molar-refractivity contribution in [3.63, 3.8) is 0 Å². The second-order valence-corrected chi connectivity index (χ2v) is 8.45. The average molecular weight is 447 g/mol. The van der Waals surface area contributed by atoms with E-state index in [4.69, 9.17) is 19.2 Å². The van der Waals surface area contributed by atoms with Crippen molar-refractivity contribution in [2.24, 2.45) is 5.92 Å². The first kappa shape index (κ1) is 21.7. The predicted molar refractivity (Wildman–Crippen MR) is 129 cm³/mol. The Labute approximate surface area is 193 Å². The highest BCUT2D eigenvalue weighted by Gasteiger charge is 2.14. The molecule has 1 aliphatic heterocycles. The molecule has 33 heavy (non-hydrogen) atoms. The maximum Gasteiger partial charge on any atom is 0.145 e. The molecule has 1 saturated heterocycles. The van der Waals surface area contributed by atoms with Crippen molar-refractivity contribution < 1.29 is 14.2 Å². The van der Waals surface area contributed by atoms with Gasteiger partial charge >= 0.3 is 0 Å². The van der Waals surface area contributed by atoms with Gasteiger partial charge in [0.15, 0.2) is 0 Å². The summed E-state index contributed by atoms with van der Waals surface area (Å²) >= 11 is 0. The van der Waals surface area contributed by atoms with E-state index < -0.39 is 0 Å². The van der Waals surface area contributed by atoms with E-state index in [0.717, 1.165) is 58.9 Å². The van der Waals surface area contributed by atoms with Crippen LogP contribution in [0.1, 0.15) is 19.3 Å². The number of piperidine rings is 1. The molecule has 4 heterocycles. The molecule has 172 valence electrons. The number of para-hydroxylation sites is 1. The first-order valence-electron chi connectivity index (χ1n) is 11.6. The normalized spacial score (nSPS) is 16.3. The minimum Gasteiger partial charge on any atom is -0.491 e. The maximum absolute atomic E-state index is 6.20. The molecule has 0 bridgehead atoms. The van der Waals surface area contributed by atoms with E-state index in [9.17, 15) is 0 Å². The lowest BCUT2D eigenvalue weighted by Gasteiger charge is -2.22. The number of methoxy groups -OCH3 is 1. The van der Waals surface area contributed by atoms with Crippen molar-refractivity contribution in [2.45, 2.75) is 19.3 Å². The summed E-state index contributed by atoms with van der Waals surface area (Å²) in [6, 6.07) is 14.1. The lowest BCUT2D eigenvalue weighted by atomic mass is 9.97. The van der Waals surface area contributed by atoms with E-state index in [2.05, 4.69) is 22.4 Å². The van der Waals surface area contributed by atoms with Crippen molar-refractivity contribution >= 4 is 16.6 Å². The van der Waals surface area contributed by atoms with Gasteiger partial charge in [0, 0.05) is 24.8 Å². The summed E-state index contributed by atoms with van der Waals surface area (Å²) in [5, 5.41) is 4.55. The minimum absolute atomic E-state index is 0.506. The molecule has 0 aliphatic carbocycles. The lowest BCUT2D eigenvalue weighted by molar-refractivity contribution is 0.146. The smallest absolute Gasteiger partial charge is 0.145 e. The van der Waals surface area contributed by atoms with Gasteiger partial charge in [0.05, 0.1) is 30.8 Å². The molecule has 1 fully saturated rings. The van der Waals surface area contributed by atoms with E-state index in [1.54, 1.807) is 7.11 Å². The Morgan fingerprint density at radius 2 is 2.06 bits per heavy atom. The van der Waals surface area contributed by atoms with Crippen molar-refractivity contribution in [3.05, 3.63) is 54.9 Å². The summed E-state index contributed by atoms with van der Waals surface area (Å²) in [6.07, 6.45) is 7.41. The van der Waals surface area contributed by atoms with Crippen molar-refractivity contribution in [2.75, 3.05) is 40.0 Å². The average Bonchev–Trinajstić information content (AvgIpc) is 3.28. The largest absolute Gasteiger partial charge is 0.491 e. The van der Waals surface area contributed by atoms with E-state index in [1.165, 1.54) is 12.8 Å². The molecule has 1 aliphatic rings. The van der Waals surface area contributed by atoms with Crippen LogP contribution in [0.25, 0.3) is 27.9 Å². The molecule has 4 aromatic rings. The monoisotopic (exact) mass is 446 g/mol. The van der Waals surface area contributed by atoms with Gasteiger partial charge in [-0.1, -0.05) is 18.2 Å². The quantitative estimate of drug-likeness (QED) is 0.386. The molecule has 3 aromatic heterocycles. The molecule has 0 spiro atoms. The second kappa shape index (κ2) is 10.2. The van der Waals surface area contributed by atoms with Crippen LogP contribution in [-0.4, -0.2) is 54.4 Å². The van der Waals surface area contributed by atoms with Crippen LogP contribution >= 0.6 is 0 Å². The Kier molecular flexibility index (Phi) is 6.69. The number of nitrogens with zero attached hydrogens (tertiary/aromatic N) is 3. The number of benzene rings is 1. The van der Waals surface area contributed by atoms with Crippen LogP contribution < -0.4 is 14.8 Å². The second-order valence-electron chi connectivity index (χ2n) is 8.45. The van der Waals surface area contributed by atoms with Gasteiger partial charge in [-0.3, -0.25) is 4.40 Å². The van der Waals surface area contributed by atoms with Gasteiger partial charge in [0.1, 0.15) is 29.3 Å². The number of ether oxygens (including phenoxy) is 3. The van der Waals surface area contributed by atoms with Crippen LogP contribution in [0.15, 0.2) is 54.9 Å². The fourth-order valence-electron chi connectivity index (χ4n) is 4.37. The molecule has 5 rings (SSSR count). The highest BCUT2D eigenvalue weighted by molar-refractivity contribution is 5.86. The van der Waals surface area contributed by atoms with Crippen molar-refractivity contribution in [3.8, 4) is 22.9 Å². The van der Waals surface area contributed by atoms with Crippen LogP contribution in [-0.2, 0) is 4.74 Å². The van der Waals surface area contributed by atoms with Gasteiger partial charge < -0.3 is 19.5 Å². The topological polar surface area (TPSA) is 69.9 Å². The summed E-state index contributed by atoms with van der Waals surface area (Å²) in [4.78, 5) is 9.53. The van der Waals surface area contributed by atoms with E-state index in [-0.39, 0.29) is 0 Å². The van der Waals surface area contributed by atoms with Crippen LogP contribution in [0, 0.1) is 5.92 Å². The molecule has 7 heteroatoms. The molecule has 7 nitrogen and oxygen atoms in total. The van der Waals surface area contributed by atoms with Crippen molar-refractivity contribution in [1.29, 1.82) is 0 Å². The number of fused-ring (bicyclic) bond motifs is 2. The van der Waals surface area contributed by atoms with Gasteiger partial charge in [0.25, 0.3) is 0 Å². The molecular weight excluding hydrogens is 416 g/mol. The first-order chi connectivity index (χ1) is 16.3. The number of rotatable bonds is 9. The molecule has 1 unspecified atom stereocenters. The molecular formula is C26H30N4O3. The number of pyridine rings is 2. The number of hydrogen-bond acceptors (Lipinski definition) is 6. The van der Waals surface area contributed by atoms with Gasteiger partial charge in [-0.05, 0) is 56.5 Å². The van der Waals surface area contributed by atoms with Crippen LogP contribution in [0.2, 0.25) is 0 Å². The third-order valence-electron chi connectivity index (χ3n) is 6.17. The highest BCUT2D eigenvalue weighted by Crippen LogP contribution is 2.29. The van der Waals surface area contributed by atoms with Gasteiger partial charge in [0.2, 0.25) is 0 Å². The lowest BCUT2D eigenvalue weighted by Crippen LogP contribution is -2.30.